The Morgan fingerprint density at radius 3 is 2.44 bits per heavy atom. The summed E-state index contributed by atoms with van der Waals surface area (Å²) in [5, 5.41) is 0. The fraction of sp³-hybridized carbons (Fsp3) is 0.556. The van der Waals surface area contributed by atoms with E-state index in [4.69, 9.17) is 0 Å². The lowest BCUT2D eigenvalue weighted by Gasteiger charge is -2.44. The first kappa shape index (κ1) is 21.6. The van der Waals surface area contributed by atoms with Gasteiger partial charge in [-0.1, -0.05) is 30.3 Å². The molecule has 1 aromatic carbocycles. The third kappa shape index (κ3) is 4.74. The molecule has 1 amide bonds. The maximum Gasteiger partial charge on any atom is 0.226 e. The second-order valence-electron chi connectivity index (χ2n) is 10.3. The predicted molar refractivity (Wildman–Crippen MR) is 127 cm³/mol. The zero-order valence-corrected chi connectivity index (χ0v) is 19.4. The predicted octanol–water partition coefficient (Wildman–Crippen LogP) is 3.59. The van der Waals surface area contributed by atoms with Crippen LogP contribution in [0.4, 0.5) is 0 Å². The fourth-order valence-electron chi connectivity index (χ4n) is 5.92. The molecule has 3 aliphatic heterocycles. The number of nitrogens with zero attached hydrogens (tertiary/aromatic N) is 4. The molecule has 4 heterocycles. The van der Waals surface area contributed by atoms with E-state index in [-0.39, 0.29) is 11.3 Å². The van der Waals surface area contributed by atoms with Gasteiger partial charge in [-0.3, -0.25) is 14.7 Å². The van der Waals surface area contributed by atoms with Gasteiger partial charge < -0.3 is 9.80 Å². The quantitative estimate of drug-likeness (QED) is 0.743. The molecule has 32 heavy (non-hydrogen) atoms. The zero-order chi connectivity index (χ0) is 22.0. The molecule has 1 aromatic heterocycles. The Morgan fingerprint density at radius 2 is 1.72 bits per heavy atom. The third-order valence-corrected chi connectivity index (χ3v) is 7.98. The van der Waals surface area contributed by atoms with Crippen LogP contribution in [-0.4, -0.2) is 65.4 Å². The van der Waals surface area contributed by atoms with Gasteiger partial charge >= 0.3 is 0 Å². The summed E-state index contributed by atoms with van der Waals surface area (Å²) in [6, 6.07) is 15.0. The van der Waals surface area contributed by atoms with Crippen molar-refractivity contribution in [2.45, 2.75) is 45.2 Å². The summed E-state index contributed by atoms with van der Waals surface area (Å²) in [7, 11) is 2.16. The van der Waals surface area contributed by atoms with E-state index in [2.05, 4.69) is 63.1 Å². The molecular weight excluding hydrogens is 396 g/mol. The number of hydrogen-bond donors (Lipinski definition) is 0. The number of piperidine rings is 2. The van der Waals surface area contributed by atoms with Crippen molar-refractivity contribution in [2.75, 3.05) is 39.8 Å². The first-order valence-electron chi connectivity index (χ1n) is 12.3. The van der Waals surface area contributed by atoms with E-state index in [0.29, 0.717) is 5.91 Å². The topological polar surface area (TPSA) is 39.7 Å². The van der Waals surface area contributed by atoms with Crippen molar-refractivity contribution < 1.29 is 4.79 Å². The van der Waals surface area contributed by atoms with Crippen LogP contribution < -0.4 is 0 Å². The molecule has 5 heteroatoms. The second kappa shape index (κ2) is 9.32. The Kier molecular flexibility index (Phi) is 6.29. The maximum atomic E-state index is 13.6. The molecule has 3 aliphatic rings. The van der Waals surface area contributed by atoms with Crippen LogP contribution in [0.15, 0.2) is 48.7 Å². The van der Waals surface area contributed by atoms with E-state index in [0.717, 1.165) is 83.6 Å². The first-order chi connectivity index (χ1) is 15.6. The lowest BCUT2D eigenvalue weighted by atomic mass is 9.73. The number of hydrogen-bond acceptors (Lipinski definition) is 4. The number of pyridine rings is 1. The first-order valence-corrected chi connectivity index (χ1v) is 12.3. The molecule has 0 bridgehead atoms. The smallest absolute Gasteiger partial charge is 0.226 e. The second-order valence-corrected chi connectivity index (χ2v) is 10.3. The minimum atomic E-state index is 0.189. The van der Waals surface area contributed by atoms with Gasteiger partial charge in [0.25, 0.3) is 0 Å². The third-order valence-electron chi connectivity index (χ3n) is 7.98. The SMILES string of the molecule is CN1CCC(C(=O)N2Cc3ccccc3CC3(CCN(Cc4ccccn4)CC3)C2)CC1. The lowest BCUT2D eigenvalue weighted by molar-refractivity contribution is -0.139. The number of rotatable bonds is 3. The summed E-state index contributed by atoms with van der Waals surface area (Å²) >= 11 is 0. The molecule has 5 rings (SSSR count). The van der Waals surface area contributed by atoms with Gasteiger partial charge in [0.15, 0.2) is 0 Å². The van der Waals surface area contributed by atoms with Gasteiger partial charge in [0, 0.05) is 31.7 Å². The molecule has 0 radical (unpaired) electrons. The van der Waals surface area contributed by atoms with Gasteiger partial charge in [-0.05, 0) is 94.0 Å². The Balaban J connectivity index is 1.32. The molecule has 5 nitrogen and oxygen atoms in total. The van der Waals surface area contributed by atoms with Crippen molar-refractivity contribution in [1.82, 2.24) is 19.7 Å². The van der Waals surface area contributed by atoms with Crippen molar-refractivity contribution in [3.8, 4) is 0 Å². The molecule has 1 spiro atoms. The summed E-state index contributed by atoms with van der Waals surface area (Å²) in [5.74, 6) is 0.586. The molecule has 0 aliphatic carbocycles. The largest absolute Gasteiger partial charge is 0.338 e. The van der Waals surface area contributed by atoms with Gasteiger partial charge in [-0.2, -0.15) is 0 Å². The van der Waals surface area contributed by atoms with Crippen LogP contribution in [0.2, 0.25) is 0 Å². The average molecular weight is 433 g/mol. The summed E-state index contributed by atoms with van der Waals surface area (Å²) in [6.07, 6.45) is 7.26. The number of fused-ring (bicyclic) bond motifs is 1. The average Bonchev–Trinajstić information content (AvgIpc) is 2.98. The molecule has 0 saturated carbocycles. The van der Waals surface area contributed by atoms with E-state index in [9.17, 15) is 4.79 Å². The molecule has 0 atom stereocenters. The van der Waals surface area contributed by atoms with Crippen LogP contribution in [0, 0.1) is 11.3 Å². The summed E-state index contributed by atoms with van der Waals surface area (Å²) < 4.78 is 0. The Hall–Kier alpha value is -2.24. The van der Waals surface area contributed by atoms with Crippen LogP contribution in [0.5, 0.6) is 0 Å². The monoisotopic (exact) mass is 432 g/mol. The summed E-state index contributed by atoms with van der Waals surface area (Å²) in [4.78, 5) is 25.3. The van der Waals surface area contributed by atoms with Crippen LogP contribution in [0.3, 0.4) is 0 Å². The van der Waals surface area contributed by atoms with Gasteiger partial charge in [0.05, 0.1) is 5.69 Å². The highest BCUT2D eigenvalue weighted by molar-refractivity contribution is 5.79. The molecule has 0 unspecified atom stereocenters. The van der Waals surface area contributed by atoms with Crippen molar-refractivity contribution >= 4 is 5.91 Å². The van der Waals surface area contributed by atoms with Crippen molar-refractivity contribution in [3.05, 3.63) is 65.5 Å². The van der Waals surface area contributed by atoms with E-state index in [1.54, 1.807) is 0 Å². The van der Waals surface area contributed by atoms with Crippen molar-refractivity contribution in [2.24, 2.45) is 11.3 Å². The number of carbonyl (C=O) groups excluding carboxylic acids is 1. The molecule has 2 fully saturated rings. The molecular formula is C27H36N4O. The normalized spacial score (nSPS) is 22.5. The number of likely N-dealkylation sites (tertiary alicyclic amines) is 2. The Labute approximate surface area is 192 Å². The molecule has 0 N–H and O–H groups in total. The molecule has 170 valence electrons. The minimum Gasteiger partial charge on any atom is -0.338 e. The highest BCUT2D eigenvalue weighted by Crippen LogP contribution is 2.40. The van der Waals surface area contributed by atoms with Crippen LogP contribution >= 0.6 is 0 Å². The fourth-order valence-corrected chi connectivity index (χ4v) is 5.92. The highest BCUT2D eigenvalue weighted by Gasteiger charge is 2.41. The maximum absolute atomic E-state index is 13.6. The minimum absolute atomic E-state index is 0.189. The van der Waals surface area contributed by atoms with Gasteiger partial charge in [0.1, 0.15) is 0 Å². The lowest BCUT2D eigenvalue weighted by Crippen LogP contribution is -2.49. The highest BCUT2D eigenvalue weighted by atomic mass is 16.2. The summed E-state index contributed by atoms with van der Waals surface area (Å²) in [6.45, 7) is 6.84. The van der Waals surface area contributed by atoms with E-state index in [1.807, 2.05) is 12.3 Å². The Morgan fingerprint density at radius 1 is 1.00 bits per heavy atom. The number of aromatic nitrogens is 1. The standard InChI is InChI=1S/C27H36N4O/c1-29-14-9-22(10-15-29)26(32)31-19-24-7-3-2-6-23(24)18-27(21-31)11-16-30(17-12-27)20-25-8-4-5-13-28-25/h2-8,13,22H,9-12,14-21H2,1H3. The van der Waals surface area contributed by atoms with E-state index in [1.165, 1.54) is 11.1 Å². The number of carbonyl (C=O) groups is 1. The Bertz CT molecular complexity index is 914. The van der Waals surface area contributed by atoms with Crippen LogP contribution in [-0.2, 0) is 24.3 Å². The summed E-state index contributed by atoms with van der Waals surface area (Å²) in [5.41, 5.74) is 4.13. The molecule has 2 saturated heterocycles. The van der Waals surface area contributed by atoms with Crippen molar-refractivity contribution in [3.63, 3.8) is 0 Å². The van der Waals surface area contributed by atoms with Crippen LogP contribution in [0.25, 0.3) is 0 Å². The van der Waals surface area contributed by atoms with Crippen LogP contribution in [0.1, 0.15) is 42.5 Å². The number of benzene rings is 1. The van der Waals surface area contributed by atoms with Gasteiger partial charge in [-0.15, -0.1) is 0 Å². The van der Waals surface area contributed by atoms with E-state index >= 15 is 0 Å². The zero-order valence-electron chi connectivity index (χ0n) is 19.4. The number of amides is 1. The van der Waals surface area contributed by atoms with Gasteiger partial charge in [0.2, 0.25) is 5.91 Å². The van der Waals surface area contributed by atoms with E-state index < -0.39 is 0 Å². The van der Waals surface area contributed by atoms with Gasteiger partial charge in [-0.25, -0.2) is 0 Å². The van der Waals surface area contributed by atoms with Crippen molar-refractivity contribution in [1.29, 1.82) is 0 Å². The molecule has 2 aromatic rings.